The van der Waals surface area contributed by atoms with E-state index in [1.54, 1.807) is 0 Å². The summed E-state index contributed by atoms with van der Waals surface area (Å²) in [6.45, 7) is 4.38. The second-order valence-electron chi connectivity index (χ2n) is 6.43. The summed E-state index contributed by atoms with van der Waals surface area (Å²) < 4.78 is 2.34. The second kappa shape index (κ2) is 6.01. The maximum absolute atomic E-state index is 2.34. The van der Waals surface area contributed by atoms with E-state index in [4.69, 9.17) is 0 Å². The van der Waals surface area contributed by atoms with Crippen LogP contribution in [-0.2, 0) is 6.42 Å². The Balaban J connectivity index is 1.90. The zero-order chi connectivity index (χ0) is 16.5. The molecule has 0 spiro atoms. The third-order valence-electron chi connectivity index (χ3n) is 4.77. The van der Waals surface area contributed by atoms with Crippen molar-refractivity contribution >= 4 is 5.52 Å². The molecule has 0 fully saturated rings. The van der Waals surface area contributed by atoms with Gasteiger partial charge in [-0.3, -0.25) is 0 Å². The number of rotatable bonds is 3. The van der Waals surface area contributed by atoms with Crippen LogP contribution in [0.5, 0.6) is 0 Å². The second-order valence-corrected chi connectivity index (χ2v) is 6.43. The summed E-state index contributed by atoms with van der Waals surface area (Å²) in [4.78, 5) is 0. The molecule has 1 heteroatoms. The number of hydrogen-bond donors (Lipinski definition) is 0. The van der Waals surface area contributed by atoms with Crippen molar-refractivity contribution in [2.24, 2.45) is 0 Å². The van der Waals surface area contributed by atoms with E-state index in [9.17, 15) is 0 Å². The molecule has 0 bridgehead atoms. The quantitative estimate of drug-likeness (QED) is 0.449. The highest BCUT2D eigenvalue weighted by Gasteiger charge is 2.16. The molecule has 118 valence electrons. The van der Waals surface area contributed by atoms with Gasteiger partial charge in [-0.05, 0) is 42.7 Å². The van der Waals surface area contributed by atoms with Crippen LogP contribution < -0.4 is 0 Å². The Morgan fingerprint density at radius 2 is 1.46 bits per heavy atom. The van der Waals surface area contributed by atoms with E-state index in [-0.39, 0.29) is 0 Å². The first-order chi connectivity index (χ1) is 11.7. The van der Waals surface area contributed by atoms with Crippen LogP contribution >= 0.6 is 0 Å². The van der Waals surface area contributed by atoms with Gasteiger partial charge in [0.1, 0.15) is 0 Å². The summed E-state index contributed by atoms with van der Waals surface area (Å²) in [6, 6.07) is 26.0. The Hall–Kier alpha value is -2.80. The first-order valence-electron chi connectivity index (χ1n) is 8.43. The van der Waals surface area contributed by atoms with E-state index in [1.165, 1.54) is 39.0 Å². The van der Waals surface area contributed by atoms with Crippen molar-refractivity contribution in [1.82, 2.24) is 4.40 Å². The third-order valence-corrected chi connectivity index (χ3v) is 4.77. The lowest BCUT2D eigenvalue weighted by Gasteiger charge is -2.05. The lowest BCUT2D eigenvalue weighted by Crippen LogP contribution is -1.96. The molecule has 4 rings (SSSR count). The number of pyridine rings is 1. The van der Waals surface area contributed by atoms with Crippen LogP contribution in [0.1, 0.15) is 22.4 Å². The predicted octanol–water partition coefficient (Wildman–Crippen LogP) is 5.81. The van der Waals surface area contributed by atoms with Crippen molar-refractivity contribution in [1.29, 1.82) is 0 Å². The number of hydrogen-bond acceptors (Lipinski definition) is 0. The van der Waals surface area contributed by atoms with Gasteiger partial charge in [0.05, 0.1) is 5.52 Å². The van der Waals surface area contributed by atoms with Crippen LogP contribution in [0.4, 0.5) is 0 Å². The Morgan fingerprint density at radius 3 is 2.21 bits per heavy atom. The number of fused-ring (bicyclic) bond motifs is 1. The molecule has 0 atom stereocenters. The SMILES string of the molecule is Cc1ccc(Cc2c(C)c(-c3ccccc3)c3ccccn23)cc1. The highest BCUT2D eigenvalue weighted by Crippen LogP contribution is 2.33. The highest BCUT2D eigenvalue weighted by molar-refractivity contribution is 5.85. The van der Waals surface area contributed by atoms with Gasteiger partial charge in [0.2, 0.25) is 0 Å². The van der Waals surface area contributed by atoms with Crippen molar-refractivity contribution in [2.75, 3.05) is 0 Å². The van der Waals surface area contributed by atoms with Gasteiger partial charge in [-0.25, -0.2) is 0 Å². The zero-order valence-electron chi connectivity index (χ0n) is 14.2. The summed E-state index contributed by atoms with van der Waals surface area (Å²) in [5.41, 5.74) is 9.31. The van der Waals surface area contributed by atoms with Crippen molar-refractivity contribution in [2.45, 2.75) is 20.3 Å². The average molecular weight is 311 g/mol. The Morgan fingerprint density at radius 1 is 0.750 bits per heavy atom. The summed E-state index contributed by atoms with van der Waals surface area (Å²) >= 11 is 0. The van der Waals surface area contributed by atoms with Gasteiger partial charge in [0, 0.05) is 23.9 Å². The predicted molar refractivity (Wildman–Crippen MR) is 102 cm³/mol. The minimum absolute atomic E-state index is 0.949. The average Bonchev–Trinajstić information content (AvgIpc) is 2.90. The zero-order valence-corrected chi connectivity index (χ0v) is 14.2. The maximum Gasteiger partial charge on any atom is 0.0534 e. The van der Waals surface area contributed by atoms with Crippen LogP contribution in [0, 0.1) is 13.8 Å². The van der Waals surface area contributed by atoms with Crippen LogP contribution in [0.3, 0.4) is 0 Å². The smallest absolute Gasteiger partial charge is 0.0534 e. The lowest BCUT2D eigenvalue weighted by molar-refractivity contribution is 1.01. The molecule has 2 heterocycles. The largest absolute Gasteiger partial charge is 0.320 e. The van der Waals surface area contributed by atoms with Crippen molar-refractivity contribution in [3.8, 4) is 11.1 Å². The first-order valence-corrected chi connectivity index (χ1v) is 8.43. The topological polar surface area (TPSA) is 4.41 Å². The summed E-state index contributed by atoms with van der Waals surface area (Å²) in [5, 5.41) is 0. The first kappa shape index (κ1) is 14.8. The van der Waals surface area contributed by atoms with Crippen LogP contribution in [-0.4, -0.2) is 4.40 Å². The van der Waals surface area contributed by atoms with E-state index in [0.717, 1.165) is 6.42 Å². The van der Waals surface area contributed by atoms with E-state index >= 15 is 0 Å². The summed E-state index contributed by atoms with van der Waals surface area (Å²) in [6.07, 6.45) is 3.13. The molecule has 4 aromatic rings. The molecule has 0 radical (unpaired) electrons. The third kappa shape index (κ3) is 2.52. The molecular formula is C23H21N. The van der Waals surface area contributed by atoms with E-state index in [2.05, 4.69) is 97.2 Å². The molecule has 0 aliphatic rings. The minimum Gasteiger partial charge on any atom is -0.320 e. The normalized spacial score (nSPS) is 11.1. The fourth-order valence-electron chi connectivity index (χ4n) is 3.49. The van der Waals surface area contributed by atoms with Crippen LogP contribution in [0.15, 0.2) is 79.0 Å². The van der Waals surface area contributed by atoms with Crippen molar-refractivity contribution in [3.05, 3.63) is 101 Å². The van der Waals surface area contributed by atoms with E-state index < -0.39 is 0 Å². The minimum atomic E-state index is 0.949. The molecule has 24 heavy (non-hydrogen) atoms. The number of aryl methyl sites for hydroxylation is 1. The Kier molecular flexibility index (Phi) is 3.70. The van der Waals surface area contributed by atoms with Crippen LogP contribution in [0.25, 0.3) is 16.6 Å². The molecule has 0 aliphatic carbocycles. The molecule has 2 aromatic heterocycles. The van der Waals surface area contributed by atoms with Crippen molar-refractivity contribution < 1.29 is 0 Å². The number of aromatic nitrogens is 1. The summed E-state index contributed by atoms with van der Waals surface area (Å²) in [5.74, 6) is 0. The molecular weight excluding hydrogens is 290 g/mol. The highest BCUT2D eigenvalue weighted by atomic mass is 14.9. The lowest BCUT2D eigenvalue weighted by atomic mass is 9.99. The molecule has 0 saturated carbocycles. The van der Waals surface area contributed by atoms with Gasteiger partial charge in [-0.15, -0.1) is 0 Å². The molecule has 2 aromatic carbocycles. The van der Waals surface area contributed by atoms with E-state index in [1.807, 2.05) is 0 Å². The van der Waals surface area contributed by atoms with Crippen LogP contribution in [0.2, 0.25) is 0 Å². The monoisotopic (exact) mass is 311 g/mol. The Labute approximate surface area is 143 Å². The number of nitrogens with zero attached hydrogens (tertiary/aromatic N) is 1. The standard InChI is InChI=1S/C23H21N/c1-17-11-13-19(14-12-17)16-22-18(2)23(20-8-4-3-5-9-20)21-10-6-7-15-24(21)22/h3-15H,16H2,1-2H3. The molecule has 0 amide bonds. The molecule has 0 N–H and O–H groups in total. The van der Waals surface area contributed by atoms with Crippen molar-refractivity contribution in [3.63, 3.8) is 0 Å². The number of benzene rings is 2. The fourth-order valence-corrected chi connectivity index (χ4v) is 3.49. The van der Waals surface area contributed by atoms with Gasteiger partial charge in [0.15, 0.2) is 0 Å². The molecule has 1 nitrogen and oxygen atoms in total. The van der Waals surface area contributed by atoms with Gasteiger partial charge in [-0.2, -0.15) is 0 Å². The van der Waals surface area contributed by atoms with Gasteiger partial charge < -0.3 is 4.40 Å². The Bertz CT molecular complexity index is 976. The summed E-state index contributed by atoms with van der Waals surface area (Å²) in [7, 11) is 0. The van der Waals surface area contributed by atoms with Gasteiger partial charge >= 0.3 is 0 Å². The maximum atomic E-state index is 2.34. The van der Waals surface area contributed by atoms with Gasteiger partial charge in [-0.1, -0.05) is 66.2 Å². The van der Waals surface area contributed by atoms with Gasteiger partial charge in [0.25, 0.3) is 0 Å². The van der Waals surface area contributed by atoms with E-state index in [0.29, 0.717) is 0 Å². The molecule has 0 saturated heterocycles. The molecule has 0 aliphatic heterocycles. The molecule has 0 unspecified atom stereocenters. The fraction of sp³-hybridized carbons (Fsp3) is 0.130.